The Labute approximate surface area is 118 Å². The highest BCUT2D eigenvalue weighted by Gasteiger charge is 2.39. The molecule has 0 aliphatic heterocycles. The number of carbonyl (C=O) groups is 1. The van der Waals surface area contributed by atoms with Crippen LogP contribution in [0.4, 0.5) is 8.78 Å². The zero-order valence-corrected chi connectivity index (χ0v) is 12.5. The Morgan fingerprint density at radius 1 is 1.35 bits per heavy atom. The summed E-state index contributed by atoms with van der Waals surface area (Å²) in [5, 5.41) is 2.97. The van der Waals surface area contributed by atoms with Crippen LogP contribution in [0.5, 0.6) is 0 Å². The van der Waals surface area contributed by atoms with Crippen LogP contribution in [0, 0.1) is 24.5 Å². The first-order valence-electron chi connectivity index (χ1n) is 6.52. The van der Waals surface area contributed by atoms with E-state index in [2.05, 4.69) is 5.32 Å². The molecule has 5 heteroatoms. The van der Waals surface area contributed by atoms with Crippen molar-refractivity contribution in [3.8, 4) is 0 Å². The molecule has 0 aliphatic rings. The molecule has 1 aromatic rings. The van der Waals surface area contributed by atoms with Gasteiger partial charge in [-0.1, -0.05) is 13.8 Å². The molecule has 20 heavy (non-hydrogen) atoms. The molecule has 0 saturated heterocycles. The molecule has 1 atom stereocenters. The lowest BCUT2D eigenvalue weighted by Crippen LogP contribution is -2.49. The van der Waals surface area contributed by atoms with E-state index in [4.69, 9.17) is 4.74 Å². The molecular formula is C15H21F2NO2. The lowest BCUT2D eigenvalue weighted by Gasteiger charge is -2.30. The molecule has 0 amide bonds. The first-order valence-corrected chi connectivity index (χ1v) is 6.52. The number of hydrogen-bond acceptors (Lipinski definition) is 3. The number of benzene rings is 1. The summed E-state index contributed by atoms with van der Waals surface area (Å²) in [7, 11) is 1.22. The van der Waals surface area contributed by atoms with Gasteiger partial charge in [-0.2, -0.15) is 0 Å². The van der Waals surface area contributed by atoms with E-state index in [0.29, 0.717) is 6.54 Å². The van der Waals surface area contributed by atoms with Gasteiger partial charge in [-0.25, -0.2) is 13.6 Å². The van der Waals surface area contributed by atoms with Gasteiger partial charge in [0, 0.05) is 5.56 Å². The fraction of sp³-hybridized carbons (Fsp3) is 0.533. The van der Waals surface area contributed by atoms with Crippen LogP contribution >= 0.6 is 0 Å². The molecule has 3 nitrogen and oxygen atoms in total. The van der Waals surface area contributed by atoms with Crippen LogP contribution in [0.2, 0.25) is 0 Å². The molecular weight excluding hydrogens is 264 g/mol. The fourth-order valence-electron chi connectivity index (χ4n) is 1.92. The van der Waals surface area contributed by atoms with E-state index in [9.17, 15) is 13.6 Å². The van der Waals surface area contributed by atoms with Gasteiger partial charge in [-0.15, -0.1) is 0 Å². The summed E-state index contributed by atoms with van der Waals surface area (Å²) in [6, 6.07) is 2.14. The third-order valence-electron chi connectivity index (χ3n) is 3.24. The Morgan fingerprint density at radius 2 is 1.95 bits per heavy atom. The minimum Gasteiger partial charge on any atom is -0.467 e. The van der Waals surface area contributed by atoms with Gasteiger partial charge in [-0.05, 0) is 44.0 Å². The van der Waals surface area contributed by atoms with Crippen molar-refractivity contribution in [2.45, 2.75) is 33.2 Å². The van der Waals surface area contributed by atoms with E-state index in [1.807, 2.05) is 13.8 Å². The summed E-state index contributed by atoms with van der Waals surface area (Å²) in [4.78, 5) is 12.0. The highest BCUT2D eigenvalue weighted by molar-refractivity contribution is 5.82. The first-order chi connectivity index (χ1) is 9.22. The van der Waals surface area contributed by atoms with Crippen LogP contribution in [0.3, 0.4) is 0 Å². The highest BCUT2D eigenvalue weighted by Crippen LogP contribution is 2.27. The predicted octanol–water partition coefficient (Wildman–Crippen LogP) is 2.91. The summed E-state index contributed by atoms with van der Waals surface area (Å²) in [5.74, 6) is -1.59. The number of hydrogen-bond donors (Lipinski definition) is 1. The normalized spacial score (nSPS) is 14.2. The topological polar surface area (TPSA) is 38.3 Å². The number of carbonyl (C=O) groups excluding carboxylic acids is 1. The lowest BCUT2D eigenvalue weighted by atomic mass is 9.90. The second-order valence-electron chi connectivity index (χ2n) is 5.47. The minimum atomic E-state index is -1.42. The van der Waals surface area contributed by atoms with Gasteiger partial charge in [0.2, 0.25) is 0 Å². The third-order valence-corrected chi connectivity index (χ3v) is 3.24. The monoisotopic (exact) mass is 285 g/mol. The summed E-state index contributed by atoms with van der Waals surface area (Å²) >= 11 is 0. The van der Waals surface area contributed by atoms with E-state index in [-0.39, 0.29) is 17.0 Å². The number of aryl methyl sites for hydroxylation is 1. The van der Waals surface area contributed by atoms with Crippen molar-refractivity contribution in [2.75, 3.05) is 13.7 Å². The molecule has 0 saturated carbocycles. The Kier molecular flexibility index (Phi) is 5.22. The molecule has 0 radical (unpaired) electrons. The van der Waals surface area contributed by atoms with Crippen molar-refractivity contribution in [3.63, 3.8) is 0 Å². The van der Waals surface area contributed by atoms with Gasteiger partial charge in [0.25, 0.3) is 0 Å². The maximum Gasteiger partial charge on any atom is 0.330 e. The molecule has 0 fully saturated rings. The van der Waals surface area contributed by atoms with Gasteiger partial charge >= 0.3 is 5.97 Å². The molecule has 1 rings (SSSR count). The third kappa shape index (κ3) is 3.33. The van der Waals surface area contributed by atoms with Gasteiger partial charge in [-0.3, -0.25) is 5.32 Å². The summed E-state index contributed by atoms with van der Waals surface area (Å²) in [6.45, 7) is 7.35. The standard InChI is InChI=1S/C15H21F2NO2/c1-9(2)8-18-15(4,14(19)20-5)11-7-12(16)10(3)6-13(11)17/h6-7,9,18H,8H2,1-5H3. The number of halogens is 2. The van der Waals surface area contributed by atoms with Gasteiger partial charge in [0.05, 0.1) is 7.11 Å². The lowest BCUT2D eigenvalue weighted by molar-refractivity contribution is -0.148. The average molecular weight is 285 g/mol. The summed E-state index contributed by atoms with van der Waals surface area (Å²) in [5.41, 5.74) is -1.27. The van der Waals surface area contributed by atoms with Gasteiger partial charge in [0.15, 0.2) is 0 Å². The average Bonchev–Trinajstić information content (AvgIpc) is 2.39. The maximum absolute atomic E-state index is 14.1. The highest BCUT2D eigenvalue weighted by atomic mass is 19.1. The van der Waals surface area contributed by atoms with Crippen molar-refractivity contribution in [2.24, 2.45) is 5.92 Å². The first kappa shape index (κ1) is 16.6. The SMILES string of the molecule is COC(=O)C(C)(NCC(C)C)c1cc(F)c(C)cc1F. The minimum absolute atomic E-state index is 0.0481. The number of esters is 1. The molecule has 0 aromatic heterocycles. The molecule has 0 aliphatic carbocycles. The van der Waals surface area contributed by atoms with Crippen molar-refractivity contribution < 1.29 is 18.3 Å². The van der Waals surface area contributed by atoms with Crippen LogP contribution in [0.15, 0.2) is 12.1 Å². The molecule has 112 valence electrons. The van der Waals surface area contributed by atoms with Crippen molar-refractivity contribution in [1.29, 1.82) is 0 Å². The van der Waals surface area contributed by atoms with Crippen LogP contribution in [-0.4, -0.2) is 19.6 Å². The Bertz CT molecular complexity index is 503. The van der Waals surface area contributed by atoms with Crippen molar-refractivity contribution in [3.05, 3.63) is 34.9 Å². The van der Waals surface area contributed by atoms with Crippen molar-refractivity contribution in [1.82, 2.24) is 5.32 Å². The molecule has 1 unspecified atom stereocenters. The zero-order chi connectivity index (χ0) is 15.5. The van der Waals surface area contributed by atoms with Gasteiger partial charge in [0.1, 0.15) is 17.2 Å². The molecule has 0 heterocycles. The van der Waals surface area contributed by atoms with Crippen LogP contribution in [-0.2, 0) is 15.1 Å². The molecule has 0 spiro atoms. The number of ether oxygens (including phenoxy) is 1. The summed E-state index contributed by atoms with van der Waals surface area (Å²) < 4.78 is 32.6. The predicted molar refractivity (Wildman–Crippen MR) is 73.3 cm³/mol. The van der Waals surface area contributed by atoms with Crippen LogP contribution in [0.1, 0.15) is 31.9 Å². The Hall–Kier alpha value is -1.49. The van der Waals surface area contributed by atoms with Gasteiger partial charge < -0.3 is 4.74 Å². The van der Waals surface area contributed by atoms with E-state index >= 15 is 0 Å². The zero-order valence-electron chi connectivity index (χ0n) is 12.5. The van der Waals surface area contributed by atoms with E-state index in [1.54, 1.807) is 0 Å². The van der Waals surface area contributed by atoms with E-state index < -0.39 is 23.1 Å². The molecule has 0 bridgehead atoms. The second-order valence-corrected chi connectivity index (χ2v) is 5.47. The quantitative estimate of drug-likeness (QED) is 0.845. The molecule has 1 N–H and O–H groups in total. The Morgan fingerprint density at radius 3 is 2.45 bits per heavy atom. The van der Waals surface area contributed by atoms with Crippen LogP contribution < -0.4 is 5.32 Å². The van der Waals surface area contributed by atoms with E-state index in [0.717, 1.165) is 12.1 Å². The maximum atomic E-state index is 14.1. The van der Waals surface area contributed by atoms with Crippen LogP contribution in [0.25, 0.3) is 0 Å². The number of methoxy groups -OCH3 is 1. The number of nitrogens with one attached hydrogen (secondary N) is 1. The molecule has 1 aromatic carbocycles. The number of rotatable bonds is 5. The van der Waals surface area contributed by atoms with Crippen molar-refractivity contribution >= 4 is 5.97 Å². The second kappa shape index (κ2) is 6.31. The smallest absolute Gasteiger partial charge is 0.330 e. The fourth-order valence-corrected chi connectivity index (χ4v) is 1.92. The summed E-state index contributed by atoms with van der Waals surface area (Å²) in [6.07, 6.45) is 0. The van der Waals surface area contributed by atoms with E-state index in [1.165, 1.54) is 21.0 Å². The largest absolute Gasteiger partial charge is 0.467 e. The Balaban J connectivity index is 3.30.